The number of aryl methyl sites for hydroxylation is 1. The van der Waals surface area contributed by atoms with E-state index in [2.05, 4.69) is 66.3 Å². The fourth-order valence-electron chi connectivity index (χ4n) is 2.09. The van der Waals surface area contributed by atoms with Crippen LogP contribution in [0.15, 0.2) is 23.7 Å². The number of nitrogens with one attached hydrogen (secondary N) is 1. The van der Waals surface area contributed by atoms with Crippen molar-refractivity contribution in [3.63, 3.8) is 0 Å². The Morgan fingerprint density at radius 1 is 1.42 bits per heavy atom. The Labute approximate surface area is 119 Å². The van der Waals surface area contributed by atoms with E-state index in [0.29, 0.717) is 6.04 Å². The van der Waals surface area contributed by atoms with E-state index in [1.807, 2.05) is 18.3 Å². The summed E-state index contributed by atoms with van der Waals surface area (Å²) in [7, 11) is 0. The number of nitrogens with zero attached hydrogens (tertiary/aromatic N) is 2. The second-order valence-electron chi connectivity index (χ2n) is 5.92. The first kappa shape index (κ1) is 14.1. The van der Waals surface area contributed by atoms with Gasteiger partial charge in [0.15, 0.2) is 0 Å². The van der Waals surface area contributed by atoms with Crippen LogP contribution < -0.4 is 5.32 Å². The van der Waals surface area contributed by atoms with Gasteiger partial charge in [0.1, 0.15) is 0 Å². The lowest BCUT2D eigenvalue weighted by atomic mass is 9.91. The van der Waals surface area contributed by atoms with E-state index in [4.69, 9.17) is 0 Å². The van der Waals surface area contributed by atoms with Gasteiger partial charge >= 0.3 is 0 Å². The highest BCUT2D eigenvalue weighted by Crippen LogP contribution is 2.28. The van der Waals surface area contributed by atoms with Crippen LogP contribution in [0.4, 0.5) is 5.95 Å². The van der Waals surface area contributed by atoms with E-state index < -0.39 is 0 Å². The summed E-state index contributed by atoms with van der Waals surface area (Å²) in [5.74, 6) is 0.970. The Morgan fingerprint density at radius 2 is 2.16 bits per heavy atom. The van der Waals surface area contributed by atoms with Crippen LogP contribution in [-0.2, 0) is 5.41 Å². The molecule has 0 saturated heterocycles. The molecule has 3 nitrogen and oxygen atoms in total. The zero-order valence-corrected chi connectivity index (χ0v) is 13.2. The highest BCUT2D eigenvalue weighted by Gasteiger charge is 2.22. The number of hydrogen-bond donors (Lipinski definition) is 1. The first-order valence-electron chi connectivity index (χ1n) is 6.73. The van der Waals surface area contributed by atoms with Gasteiger partial charge in [-0.1, -0.05) is 19.9 Å². The summed E-state index contributed by atoms with van der Waals surface area (Å²) < 4.78 is 2.19. The zero-order chi connectivity index (χ0) is 14.0. The molecule has 0 radical (unpaired) electrons. The number of aromatic nitrogens is 2. The summed E-state index contributed by atoms with van der Waals surface area (Å²) in [5, 5.41) is 5.64. The summed E-state index contributed by atoms with van der Waals surface area (Å²) in [6, 6.07) is 4.74. The van der Waals surface area contributed by atoms with Crippen molar-refractivity contribution in [2.45, 2.75) is 46.1 Å². The minimum Gasteiger partial charge on any atom is -0.355 e. The van der Waals surface area contributed by atoms with Crippen molar-refractivity contribution >= 4 is 17.3 Å². The molecule has 2 aromatic rings. The molecule has 4 heteroatoms. The van der Waals surface area contributed by atoms with Crippen LogP contribution in [0, 0.1) is 6.92 Å². The maximum atomic E-state index is 4.57. The zero-order valence-electron chi connectivity index (χ0n) is 12.4. The lowest BCUT2D eigenvalue weighted by molar-refractivity contribution is 0.554. The summed E-state index contributed by atoms with van der Waals surface area (Å²) in [5.41, 5.74) is 1.18. The minimum absolute atomic E-state index is 0.121. The van der Waals surface area contributed by atoms with Gasteiger partial charge in [0, 0.05) is 29.1 Å². The monoisotopic (exact) mass is 277 g/mol. The Hall–Kier alpha value is -1.29. The van der Waals surface area contributed by atoms with E-state index in [9.17, 15) is 0 Å². The summed E-state index contributed by atoms with van der Waals surface area (Å²) in [6.07, 6.45) is 2.10. The molecule has 0 fully saturated rings. The molecule has 0 unspecified atom stereocenters. The average molecular weight is 277 g/mol. The molecule has 0 aliphatic heterocycles. The first-order valence-corrected chi connectivity index (χ1v) is 7.61. The van der Waals surface area contributed by atoms with Gasteiger partial charge in [0.05, 0.1) is 5.69 Å². The molecule has 0 aromatic carbocycles. The molecule has 104 valence electrons. The van der Waals surface area contributed by atoms with Gasteiger partial charge < -0.3 is 9.88 Å². The smallest absolute Gasteiger partial charge is 0.203 e. The Kier molecular flexibility index (Phi) is 3.99. The molecule has 2 heterocycles. The largest absolute Gasteiger partial charge is 0.355 e. The summed E-state index contributed by atoms with van der Waals surface area (Å²) in [6.45, 7) is 11.8. The lowest BCUT2D eigenvalue weighted by Crippen LogP contribution is -2.27. The van der Waals surface area contributed by atoms with Crippen LogP contribution >= 0.6 is 11.3 Å². The van der Waals surface area contributed by atoms with Crippen molar-refractivity contribution in [1.82, 2.24) is 9.55 Å². The third kappa shape index (κ3) is 3.18. The van der Waals surface area contributed by atoms with Gasteiger partial charge in [0.25, 0.3) is 0 Å². The molecule has 2 aromatic heterocycles. The Balaban J connectivity index is 2.10. The number of anilines is 1. The summed E-state index contributed by atoms with van der Waals surface area (Å²) in [4.78, 5) is 5.97. The van der Waals surface area contributed by atoms with Crippen molar-refractivity contribution in [3.8, 4) is 0 Å². The number of rotatable bonds is 5. The number of hydrogen-bond acceptors (Lipinski definition) is 3. The molecule has 19 heavy (non-hydrogen) atoms. The molecule has 0 spiro atoms. The molecule has 1 N–H and O–H groups in total. The van der Waals surface area contributed by atoms with Crippen molar-refractivity contribution in [1.29, 1.82) is 0 Å². The van der Waals surface area contributed by atoms with E-state index in [1.165, 1.54) is 4.88 Å². The quantitative estimate of drug-likeness (QED) is 0.886. The lowest BCUT2D eigenvalue weighted by Gasteiger charge is -2.24. The molecular formula is C15H23N3S. The van der Waals surface area contributed by atoms with Gasteiger partial charge in [-0.3, -0.25) is 0 Å². The van der Waals surface area contributed by atoms with E-state index >= 15 is 0 Å². The molecule has 0 aliphatic carbocycles. The standard InChI is InChI=1S/C15H23N3S/c1-11(2)18-9-12(3)17-14(18)16-10-15(4,5)13-7-6-8-19-13/h6-9,11H,10H2,1-5H3,(H,16,17). The van der Waals surface area contributed by atoms with Gasteiger partial charge in [-0.05, 0) is 32.2 Å². The normalized spacial score (nSPS) is 12.1. The molecule has 0 atom stereocenters. The predicted molar refractivity (Wildman–Crippen MR) is 83.2 cm³/mol. The SMILES string of the molecule is Cc1cn(C(C)C)c(NCC(C)(C)c2cccs2)n1. The fraction of sp³-hybridized carbons (Fsp3) is 0.533. The van der Waals surface area contributed by atoms with Crippen LogP contribution in [0.2, 0.25) is 0 Å². The fourth-order valence-corrected chi connectivity index (χ4v) is 2.94. The summed E-state index contributed by atoms with van der Waals surface area (Å²) >= 11 is 1.81. The van der Waals surface area contributed by atoms with Crippen molar-refractivity contribution in [2.24, 2.45) is 0 Å². The Morgan fingerprint density at radius 3 is 2.74 bits per heavy atom. The molecule has 0 amide bonds. The van der Waals surface area contributed by atoms with E-state index in [0.717, 1.165) is 18.2 Å². The third-order valence-corrected chi connectivity index (χ3v) is 4.52. The van der Waals surface area contributed by atoms with Crippen molar-refractivity contribution in [3.05, 3.63) is 34.3 Å². The molecule has 0 aliphatic rings. The molecule has 0 bridgehead atoms. The van der Waals surface area contributed by atoms with E-state index in [1.54, 1.807) is 0 Å². The van der Waals surface area contributed by atoms with Crippen LogP contribution in [0.5, 0.6) is 0 Å². The molecule has 0 saturated carbocycles. The topological polar surface area (TPSA) is 29.9 Å². The molecule has 2 rings (SSSR count). The maximum absolute atomic E-state index is 4.57. The Bertz CT molecular complexity index is 524. The van der Waals surface area contributed by atoms with Crippen molar-refractivity contribution < 1.29 is 0 Å². The van der Waals surface area contributed by atoms with Gasteiger partial charge in [-0.15, -0.1) is 11.3 Å². The average Bonchev–Trinajstić information content (AvgIpc) is 2.95. The second-order valence-corrected chi connectivity index (χ2v) is 6.87. The molecular weight excluding hydrogens is 254 g/mol. The van der Waals surface area contributed by atoms with Crippen LogP contribution in [-0.4, -0.2) is 16.1 Å². The van der Waals surface area contributed by atoms with Crippen LogP contribution in [0.3, 0.4) is 0 Å². The first-order chi connectivity index (χ1) is 8.90. The van der Waals surface area contributed by atoms with E-state index in [-0.39, 0.29) is 5.41 Å². The van der Waals surface area contributed by atoms with Crippen LogP contribution in [0.1, 0.15) is 44.3 Å². The second kappa shape index (κ2) is 5.37. The van der Waals surface area contributed by atoms with Gasteiger partial charge in [-0.2, -0.15) is 0 Å². The highest BCUT2D eigenvalue weighted by molar-refractivity contribution is 7.10. The number of imidazole rings is 1. The number of thiophene rings is 1. The van der Waals surface area contributed by atoms with Crippen molar-refractivity contribution in [2.75, 3.05) is 11.9 Å². The van der Waals surface area contributed by atoms with Gasteiger partial charge in [0.2, 0.25) is 5.95 Å². The maximum Gasteiger partial charge on any atom is 0.203 e. The predicted octanol–water partition coefficient (Wildman–Crippen LogP) is 4.22. The highest BCUT2D eigenvalue weighted by atomic mass is 32.1. The van der Waals surface area contributed by atoms with Gasteiger partial charge in [-0.25, -0.2) is 4.98 Å². The minimum atomic E-state index is 0.121. The third-order valence-electron chi connectivity index (χ3n) is 3.29. The van der Waals surface area contributed by atoms with Crippen LogP contribution in [0.25, 0.3) is 0 Å².